The van der Waals surface area contributed by atoms with Gasteiger partial charge in [-0.05, 0) is 70.9 Å². The molecule has 0 unspecified atom stereocenters. The van der Waals surface area contributed by atoms with Crippen LogP contribution in [0, 0.1) is 11.3 Å². The maximum atomic E-state index is 13.1. The summed E-state index contributed by atoms with van der Waals surface area (Å²) in [6.07, 6.45) is 2.50. The normalized spacial score (nSPS) is 15.1. The number of carbonyl (C=O) groups is 2. The smallest absolute Gasteiger partial charge is 0.415 e. The number of ether oxygens (including phenoxy) is 3. The number of nitrogens with one attached hydrogen (secondary N) is 1. The molecule has 13 heteroatoms. The van der Waals surface area contributed by atoms with Gasteiger partial charge in [0.05, 0.1) is 17.6 Å². The predicted octanol–water partition coefficient (Wildman–Crippen LogP) is 6.49. The van der Waals surface area contributed by atoms with Gasteiger partial charge in [-0.25, -0.2) is 24.5 Å². The highest BCUT2D eigenvalue weighted by atomic mass is 16.6. The second-order valence-electron chi connectivity index (χ2n) is 14.3. The third-order valence-electron chi connectivity index (χ3n) is 8.10. The Morgan fingerprint density at radius 2 is 1.60 bits per heavy atom. The van der Waals surface area contributed by atoms with Crippen molar-refractivity contribution in [1.82, 2.24) is 24.8 Å². The summed E-state index contributed by atoms with van der Waals surface area (Å²) in [5.41, 5.74) is 3.27. The summed E-state index contributed by atoms with van der Waals surface area (Å²) < 4.78 is 16.8. The van der Waals surface area contributed by atoms with Gasteiger partial charge in [-0.3, -0.25) is 9.80 Å². The van der Waals surface area contributed by atoms with E-state index in [1.165, 1.54) is 4.90 Å². The van der Waals surface area contributed by atoms with Crippen LogP contribution in [0.4, 0.5) is 26.9 Å². The second-order valence-corrected chi connectivity index (χ2v) is 14.3. The van der Waals surface area contributed by atoms with Crippen molar-refractivity contribution in [3.8, 4) is 23.1 Å². The van der Waals surface area contributed by atoms with Gasteiger partial charge in [0, 0.05) is 61.8 Å². The SMILES string of the molecule is CC(C)(C)OC(=O)N1CCN(Cc2ccc(Nc3ncc4ccc(-c5cnc6c(c5C#N)N(C(=O)OC(C)(C)C)CCO6)cc4n3)cc2)CC1. The molecule has 2 aromatic carbocycles. The summed E-state index contributed by atoms with van der Waals surface area (Å²) in [5.74, 6) is 0.637. The number of nitrogens with zero attached hydrogens (tertiary/aromatic N) is 7. The quantitative estimate of drug-likeness (QED) is 0.247. The van der Waals surface area contributed by atoms with Gasteiger partial charge in [0.25, 0.3) is 0 Å². The van der Waals surface area contributed by atoms with Crippen LogP contribution in [-0.2, 0) is 16.0 Å². The summed E-state index contributed by atoms with van der Waals surface area (Å²) in [7, 11) is 0. The van der Waals surface area contributed by atoms with Crippen molar-refractivity contribution in [3.63, 3.8) is 0 Å². The zero-order chi connectivity index (χ0) is 35.6. The third-order valence-corrected chi connectivity index (χ3v) is 8.10. The Balaban J connectivity index is 1.15. The zero-order valence-corrected chi connectivity index (χ0v) is 29.3. The number of fused-ring (bicyclic) bond motifs is 2. The van der Waals surface area contributed by atoms with Gasteiger partial charge in [0.15, 0.2) is 0 Å². The van der Waals surface area contributed by atoms with E-state index in [1.807, 2.05) is 51.1 Å². The average Bonchev–Trinajstić information content (AvgIpc) is 3.06. The van der Waals surface area contributed by atoms with E-state index in [9.17, 15) is 14.9 Å². The number of benzene rings is 2. The number of pyridine rings is 1. The number of carbonyl (C=O) groups excluding carboxylic acids is 2. The van der Waals surface area contributed by atoms with E-state index in [4.69, 9.17) is 19.2 Å². The maximum Gasteiger partial charge on any atom is 0.415 e. The molecule has 2 amide bonds. The molecule has 13 nitrogen and oxygen atoms in total. The fourth-order valence-electron chi connectivity index (χ4n) is 5.76. The molecule has 50 heavy (non-hydrogen) atoms. The number of anilines is 3. The molecule has 0 radical (unpaired) electrons. The van der Waals surface area contributed by atoms with E-state index in [1.54, 1.807) is 38.1 Å². The minimum absolute atomic E-state index is 0.212. The fraction of sp³-hybridized carbons (Fsp3) is 0.405. The first-order valence-corrected chi connectivity index (χ1v) is 16.7. The predicted molar refractivity (Wildman–Crippen MR) is 189 cm³/mol. The molecule has 2 aliphatic heterocycles. The fourth-order valence-corrected chi connectivity index (χ4v) is 5.76. The second kappa shape index (κ2) is 13.8. The number of rotatable bonds is 5. The summed E-state index contributed by atoms with van der Waals surface area (Å²) >= 11 is 0. The molecule has 4 aromatic rings. The number of amides is 2. The molecule has 1 fully saturated rings. The molecule has 1 N–H and O–H groups in total. The molecule has 0 spiro atoms. The van der Waals surface area contributed by atoms with Crippen molar-refractivity contribution in [2.45, 2.75) is 59.3 Å². The highest BCUT2D eigenvalue weighted by Crippen LogP contribution is 2.39. The first kappa shape index (κ1) is 34.4. The minimum atomic E-state index is -0.707. The summed E-state index contributed by atoms with van der Waals surface area (Å²) in [4.78, 5) is 44.7. The van der Waals surface area contributed by atoms with Gasteiger partial charge in [-0.2, -0.15) is 5.26 Å². The number of hydrogen-bond acceptors (Lipinski definition) is 11. The van der Waals surface area contributed by atoms with E-state index in [0.717, 1.165) is 36.3 Å². The lowest BCUT2D eigenvalue weighted by Crippen LogP contribution is -2.49. The molecule has 4 heterocycles. The average molecular weight is 679 g/mol. The molecule has 2 aliphatic rings. The van der Waals surface area contributed by atoms with Crippen LogP contribution in [0.3, 0.4) is 0 Å². The van der Waals surface area contributed by atoms with E-state index in [2.05, 4.69) is 38.4 Å². The van der Waals surface area contributed by atoms with Gasteiger partial charge in [-0.1, -0.05) is 24.3 Å². The third kappa shape index (κ3) is 8.03. The maximum absolute atomic E-state index is 13.1. The number of hydrogen-bond donors (Lipinski definition) is 1. The Morgan fingerprint density at radius 1 is 0.900 bits per heavy atom. The van der Waals surface area contributed by atoms with Gasteiger partial charge in [-0.15, -0.1) is 0 Å². The Hall–Kier alpha value is -5.48. The van der Waals surface area contributed by atoms with Crippen LogP contribution in [0.15, 0.2) is 54.9 Å². The van der Waals surface area contributed by atoms with Crippen molar-refractivity contribution in [1.29, 1.82) is 5.26 Å². The van der Waals surface area contributed by atoms with Gasteiger partial charge >= 0.3 is 12.2 Å². The lowest BCUT2D eigenvalue weighted by atomic mass is 9.99. The molecule has 260 valence electrons. The number of piperazine rings is 1. The first-order valence-electron chi connectivity index (χ1n) is 16.7. The number of aromatic nitrogens is 3. The first-order chi connectivity index (χ1) is 23.8. The standard InChI is InChI=1S/C37H42N8O5/c1-36(2,3)49-34(46)44-15-13-43(14-16-44)23-24-7-11-27(12-8-24)41-33-40-21-26-10-9-25(19-30(26)42-33)29-22-39-32-31(28(29)20-38)45(17-18-48-32)35(47)50-37(4,5)6/h7-12,19,21-22H,13-18,23H2,1-6H3,(H,40,41,42). The minimum Gasteiger partial charge on any atom is -0.474 e. The van der Waals surface area contributed by atoms with E-state index in [-0.39, 0.29) is 30.7 Å². The summed E-state index contributed by atoms with van der Waals surface area (Å²) in [6.45, 7) is 15.1. The van der Waals surface area contributed by atoms with Crippen LogP contribution < -0.4 is 15.0 Å². The van der Waals surface area contributed by atoms with Crippen LogP contribution in [0.2, 0.25) is 0 Å². The summed E-state index contributed by atoms with van der Waals surface area (Å²) in [6, 6.07) is 16.0. The Kier molecular flexibility index (Phi) is 9.49. The molecular weight excluding hydrogens is 636 g/mol. The van der Waals surface area contributed by atoms with E-state index >= 15 is 0 Å². The van der Waals surface area contributed by atoms with E-state index < -0.39 is 17.3 Å². The molecule has 0 atom stereocenters. The topological polar surface area (TPSA) is 146 Å². The molecule has 1 saturated heterocycles. The van der Waals surface area contributed by atoms with Crippen LogP contribution in [0.1, 0.15) is 52.7 Å². The van der Waals surface area contributed by atoms with Crippen molar-refractivity contribution in [2.24, 2.45) is 0 Å². The molecule has 0 bridgehead atoms. The van der Waals surface area contributed by atoms with Crippen molar-refractivity contribution < 1.29 is 23.8 Å². The highest BCUT2D eigenvalue weighted by molar-refractivity contribution is 5.95. The van der Waals surface area contributed by atoms with Gasteiger partial charge in [0.2, 0.25) is 11.8 Å². The zero-order valence-electron chi connectivity index (χ0n) is 29.3. The van der Waals surface area contributed by atoms with Crippen LogP contribution in [-0.4, -0.2) is 87.5 Å². The monoisotopic (exact) mass is 678 g/mol. The van der Waals surface area contributed by atoms with Crippen molar-refractivity contribution >= 4 is 40.4 Å². The Labute approximate surface area is 291 Å². The van der Waals surface area contributed by atoms with Crippen molar-refractivity contribution in [2.75, 3.05) is 49.5 Å². The summed E-state index contributed by atoms with van der Waals surface area (Å²) in [5, 5.41) is 14.4. The van der Waals surface area contributed by atoms with Crippen LogP contribution in [0.25, 0.3) is 22.0 Å². The molecule has 6 rings (SSSR count). The molecule has 0 aliphatic carbocycles. The lowest BCUT2D eigenvalue weighted by molar-refractivity contribution is 0.0139. The van der Waals surface area contributed by atoms with Gasteiger partial charge < -0.3 is 24.4 Å². The molecule has 0 saturated carbocycles. The number of nitriles is 1. The molecular formula is C37H42N8O5. The largest absolute Gasteiger partial charge is 0.474 e. The Bertz CT molecular complexity index is 1940. The molecule has 2 aromatic heterocycles. The van der Waals surface area contributed by atoms with Gasteiger partial charge in [0.1, 0.15) is 29.6 Å². The van der Waals surface area contributed by atoms with Crippen molar-refractivity contribution in [3.05, 3.63) is 66.0 Å². The highest BCUT2D eigenvalue weighted by Gasteiger charge is 2.33. The lowest BCUT2D eigenvalue weighted by Gasteiger charge is -2.35. The van der Waals surface area contributed by atoms with Crippen LogP contribution in [0.5, 0.6) is 5.88 Å². The van der Waals surface area contributed by atoms with Crippen LogP contribution >= 0.6 is 0 Å². The Morgan fingerprint density at radius 3 is 2.28 bits per heavy atom. The van der Waals surface area contributed by atoms with E-state index in [0.29, 0.717) is 41.4 Å².